The highest BCUT2D eigenvalue weighted by Crippen LogP contribution is 2.09. The van der Waals surface area contributed by atoms with Gasteiger partial charge in [-0.05, 0) is 19.6 Å². The summed E-state index contributed by atoms with van der Waals surface area (Å²) in [6, 6.07) is 0. The molecular weight excluding hydrogens is 186 g/mol. The van der Waals surface area contributed by atoms with Gasteiger partial charge in [-0.1, -0.05) is 6.92 Å². The summed E-state index contributed by atoms with van der Waals surface area (Å²) < 4.78 is 0. The molecule has 1 atom stereocenters. The van der Waals surface area contributed by atoms with E-state index in [0.717, 1.165) is 12.2 Å². The van der Waals surface area contributed by atoms with Crippen LogP contribution in [-0.2, 0) is 9.59 Å². The molecule has 0 aliphatic rings. The van der Waals surface area contributed by atoms with Crippen LogP contribution in [0.5, 0.6) is 0 Å². The van der Waals surface area contributed by atoms with Gasteiger partial charge < -0.3 is 5.32 Å². The number of carbonyl (C=O) groups excluding carboxylic acids is 2. The van der Waals surface area contributed by atoms with Crippen molar-refractivity contribution < 1.29 is 9.59 Å². The van der Waals surface area contributed by atoms with E-state index in [4.69, 9.17) is 0 Å². The third-order valence-corrected chi connectivity index (χ3v) is 2.48. The summed E-state index contributed by atoms with van der Waals surface area (Å²) in [5, 5.41) is 2.62. The van der Waals surface area contributed by atoms with Gasteiger partial charge >= 0.3 is 0 Å². The Labute approximate surface area is 83.7 Å². The summed E-state index contributed by atoms with van der Waals surface area (Å²) in [7, 11) is 0. The van der Waals surface area contributed by atoms with Crippen LogP contribution in [0.1, 0.15) is 20.3 Å². The Morgan fingerprint density at radius 3 is 2.46 bits per heavy atom. The molecular formula is C9H17NO2S. The van der Waals surface area contributed by atoms with Crippen LogP contribution in [0.2, 0.25) is 0 Å². The average Bonchev–Trinajstić information content (AvgIpc) is 2.10. The number of Topliss-reactive ketones (excluding diaryl/α,β-unsaturated/α-hetero) is 1. The molecule has 1 amide bonds. The van der Waals surface area contributed by atoms with Crippen molar-refractivity contribution in [2.24, 2.45) is 5.92 Å². The summed E-state index contributed by atoms with van der Waals surface area (Å²) in [6.45, 7) is 3.60. The fourth-order valence-corrected chi connectivity index (χ4v) is 1.73. The predicted octanol–water partition coefficient (Wildman–Crippen LogP) is 1.08. The molecule has 0 saturated carbocycles. The Kier molecular flexibility index (Phi) is 6.68. The number of amides is 1. The second-order valence-electron chi connectivity index (χ2n) is 2.98. The maximum atomic E-state index is 11.4. The van der Waals surface area contributed by atoms with Crippen LogP contribution < -0.4 is 5.32 Å². The molecule has 1 N–H and O–H groups in total. The average molecular weight is 203 g/mol. The number of ketones is 1. The molecule has 0 aromatic rings. The fourth-order valence-electron chi connectivity index (χ4n) is 0.936. The van der Waals surface area contributed by atoms with Gasteiger partial charge in [0.2, 0.25) is 5.91 Å². The minimum absolute atomic E-state index is 0.00708. The van der Waals surface area contributed by atoms with E-state index in [9.17, 15) is 9.59 Å². The zero-order chi connectivity index (χ0) is 10.3. The van der Waals surface area contributed by atoms with Gasteiger partial charge in [-0.2, -0.15) is 11.8 Å². The van der Waals surface area contributed by atoms with Gasteiger partial charge in [0, 0.05) is 11.7 Å². The van der Waals surface area contributed by atoms with Crippen LogP contribution in [-0.4, -0.2) is 30.2 Å². The van der Waals surface area contributed by atoms with Crippen LogP contribution in [0.4, 0.5) is 0 Å². The summed E-state index contributed by atoms with van der Waals surface area (Å²) in [5.74, 6) is 0.842. The predicted molar refractivity (Wildman–Crippen MR) is 55.9 cm³/mol. The van der Waals surface area contributed by atoms with Crippen LogP contribution in [0.3, 0.4) is 0 Å². The monoisotopic (exact) mass is 203 g/mol. The highest BCUT2D eigenvalue weighted by Gasteiger charge is 2.15. The number of carbonyl (C=O) groups is 2. The molecule has 76 valence electrons. The first-order chi connectivity index (χ1) is 6.11. The smallest absolute Gasteiger partial charge is 0.224 e. The molecule has 0 aromatic heterocycles. The summed E-state index contributed by atoms with van der Waals surface area (Å²) in [5.41, 5.74) is 0. The van der Waals surface area contributed by atoms with Crippen LogP contribution in [0.15, 0.2) is 0 Å². The number of nitrogens with one attached hydrogen (secondary N) is 1. The largest absolute Gasteiger partial charge is 0.349 e. The van der Waals surface area contributed by atoms with Crippen molar-refractivity contribution in [3.05, 3.63) is 0 Å². The lowest BCUT2D eigenvalue weighted by Crippen LogP contribution is -2.34. The zero-order valence-electron chi connectivity index (χ0n) is 8.42. The first-order valence-corrected chi connectivity index (χ1v) is 5.77. The van der Waals surface area contributed by atoms with Crippen molar-refractivity contribution in [1.82, 2.24) is 5.32 Å². The van der Waals surface area contributed by atoms with Crippen molar-refractivity contribution in [2.45, 2.75) is 20.3 Å². The van der Waals surface area contributed by atoms with E-state index < -0.39 is 0 Å². The van der Waals surface area contributed by atoms with E-state index in [1.165, 1.54) is 6.92 Å². The minimum atomic E-state index is -0.00736. The maximum Gasteiger partial charge on any atom is 0.224 e. The Bertz CT molecular complexity index is 182. The molecule has 0 bridgehead atoms. The first kappa shape index (κ1) is 12.5. The molecule has 0 spiro atoms. The normalized spacial score (nSPS) is 12.2. The molecule has 0 saturated heterocycles. The molecule has 13 heavy (non-hydrogen) atoms. The van der Waals surface area contributed by atoms with Crippen LogP contribution >= 0.6 is 11.8 Å². The molecule has 0 rings (SSSR count). The highest BCUT2D eigenvalue weighted by molar-refractivity contribution is 7.98. The second kappa shape index (κ2) is 6.95. The van der Waals surface area contributed by atoms with Gasteiger partial charge in [-0.25, -0.2) is 0 Å². The molecule has 0 fully saturated rings. The van der Waals surface area contributed by atoms with E-state index in [2.05, 4.69) is 5.32 Å². The lowest BCUT2D eigenvalue weighted by molar-refractivity contribution is -0.126. The first-order valence-electron chi connectivity index (χ1n) is 4.37. The zero-order valence-corrected chi connectivity index (χ0v) is 9.24. The van der Waals surface area contributed by atoms with E-state index in [1.807, 2.05) is 13.2 Å². The number of rotatable bonds is 6. The third kappa shape index (κ3) is 5.69. The topological polar surface area (TPSA) is 46.2 Å². The number of hydrogen-bond donors (Lipinski definition) is 1. The second-order valence-corrected chi connectivity index (χ2v) is 3.89. The lowest BCUT2D eigenvalue weighted by Gasteiger charge is -2.12. The minimum Gasteiger partial charge on any atom is -0.349 e. The molecule has 0 aromatic carbocycles. The fraction of sp³-hybridized carbons (Fsp3) is 0.778. The van der Waals surface area contributed by atoms with E-state index in [-0.39, 0.29) is 24.2 Å². The van der Waals surface area contributed by atoms with E-state index in [1.54, 1.807) is 11.8 Å². The van der Waals surface area contributed by atoms with Gasteiger partial charge in [0.15, 0.2) is 0 Å². The SMILES string of the molecule is CCC(CSC)C(=O)NCC(C)=O. The standard InChI is InChI=1S/C9H17NO2S/c1-4-8(6-13-3)9(12)10-5-7(2)11/h8H,4-6H2,1-3H3,(H,10,12). The Morgan fingerprint density at radius 1 is 1.46 bits per heavy atom. The summed E-state index contributed by atoms with van der Waals surface area (Å²) in [6.07, 6.45) is 2.80. The number of thioether (sulfide) groups is 1. The Hall–Kier alpha value is -0.510. The number of hydrogen-bond acceptors (Lipinski definition) is 3. The molecule has 0 aliphatic heterocycles. The van der Waals surface area contributed by atoms with Crippen LogP contribution in [0.25, 0.3) is 0 Å². The van der Waals surface area contributed by atoms with Gasteiger partial charge in [0.05, 0.1) is 6.54 Å². The summed E-state index contributed by atoms with van der Waals surface area (Å²) in [4.78, 5) is 22.0. The van der Waals surface area contributed by atoms with Gasteiger partial charge in [0.25, 0.3) is 0 Å². The molecule has 0 radical (unpaired) electrons. The van der Waals surface area contributed by atoms with Crippen molar-refractivity contribution in [3.8, 4) is 0 Å². The van der Waals surface area contributed by atoms with E-state index in [0.29, 0.717) is 0 Å². The van der Waals surface area contributed by atoms with E-state index >= 15 is 0 Å². The van der Waals surface area contributed by atoms with Crippen molar-refractivity contribution in [3.63, 3.8) is 0 Å². The molecule has 1 unspecified atom stereocenters. The van der Waals surface area contributed by atoms with Gasteiger partial charge in [-0.15, -0.1) is 0 Å². The van der Waals surface area contributed by atoms with Crippen molar-refractivity contribution in [2.75, 3.05) is 18.6 Å². The van der Waals surface area contributed by atoms with Gasteiger partial charge in [-0.3, -0.25) is 9.59 Å². The molecule has 3 nitrogen and oxygen atoms in total. The molecule has 0 aliphatic carbocycles. The lowest BCUT2D eigenvalue weighted by atomic mass is 10.1. The van der Waals surface area contributed by atoms with Crippen molar-refractivity contribution in [1.29, 1.82) is 0 Å². The quantitative estimate of drug-likeness (QED) is 0.702. The van der Waals surface area contributed by atoms with Gasteiger partial charge in [0.1, 0.15) is 5.78 Å². The Morgan fingerprint density at radius 2 is 2.08 bits per heavy atom. The molecule has 4 heteroatoms. The molecule has 0 heterocycles. The maximum absolute atomic E-state index is 11.4. The van der Waals surface area contributed by atoms with Crippen molar-refractivity contribution >= 4 is 23.5 Å². The highest BCUT2D eigenvalue weighted by atomic mass is 32.2. The van der Waals surface area contributed by atoms with Crippen LogP contribution in [0, 0.1) is 5.92 Å². The third-order valence-electron chi connectivity index (χ3n) is 1.74. The Balaban J connectivity index is 3.84. The summed E-state index contributed by atoms with van der Waals surface area (Å²) >= 11 is 1.65.